The number of carbonyl (C=O) groups excluding carboxylic acids is 2. The number of rotatable bonds is 8. The van der Waals surface area contributed by atoms with Crippen LogP contribution in [0, 0.1) is 11.0 Å². The zero-order chi connectivity index (χ0) is 30.9. The van der Waals surface area contributed by atoms with Crippen molar-refractivity contribution in [1.29, 1.82) is 0 Å². The Bertz CT molecular complexity index is 1470. The lowest BCUT2D eigenvalue weighted by molar-refractivity contribution is -0.605. The number of anilines is 2. The molecule has 1 unspecified atom stereocenters. The number of benzene rings is 2. The molecular formula is C23H12BrClF9N3O4. The van der Waals surface area contributed by atoms with Crippen LogP contribution < -0.4 is 20.1 Å². The third kappa shape index (κ3) is 6.61. The second kappa shape index (κ2) is 11.6. The van der Waals surface area contributed by atoms with Gasteiger partial charge in [0.1, 0.15) is 5.56 Å². The van der Waals surface area contributed by atoms with E-state index in [0.717, 1.165) is 30.6 Å². The number of halogens is 11. The van der Waals surface area contributed by atoms with Gasteiger partial charge in [0, 0.05) is 16.1 Å². The maximum Gasteiger partial charge on any atom is 0.434 e. The van der Waals surface area contributed by atoms with Crippen LogP contribution >= 0.6 is 27.5 Å². The molecule has 0 aliphatic carbocycles. The molecule has 1 heterocycles. The molecule has 0 bridgehead atoms. The minimum atomic E-state index is -6.35. The van der Waals surface area contributed by atoms with Crippen molar-refractivity contribution < 1.29 is 58.6 Å². The third-order valence-electron chi connectivity index (χ3n) is 5.22. The quantitative estimate of drug-likeness (QED) is 0.117. The summed E-state index contributed by atoms with van der Waals surface area (Å²) in [6, 6.07) is 5.27. The maximum atomic E-state index is 15.1. The van der Waals surface area contributed by atoms with E-state index in [1.54, 1.807) is 0 Å². The van der Waals surface area contributed by atoms with Crippen molar-refractivity contribution in [3.05, 3.63) is 87.0 Å². The van der Waals surface area contributed by atoms with E-state index in [1.807, 2.05) is 5.32 Å². The summed E-state index contributed by atoms with van der Waals surface area (Å²) in [6.45, 7) is -3.81. The third-order valence-corrected chi connectivity index (χ3v) is 6.10. The van der Waals surface area contributed by atoms with E-state index in [9.17, 15) is 49.9 Å². The number of amides is 2. The summed E-state index contributed by atoms with van der Waals surface area (Å²) < 4.78 is 127. The largest absolute Gasteiger partial charge is 0.619 e. The number of aromatic nitrogens is 1. The Kier molecular flexibility index (Phi) is 9.02. The van der Waals surface area contributed by atoms with Crippen molar-refractivity contribution in [3.8, 4) is 5.75 Å². The lowest BCUT2D eigenvalue weighted by Gasteiger charge is -2.32. The van der Waals surface area contributed by atoms with Crippen LogP contribution in [0.1, 0.15) is 26.3 Å². The number of carbonyl (C=O) groups is 2. The van der Waals surface area contributed by atoms with Crippen molar-refractivity contribution in [2.45, 2.75) is 23.8 Å². The highest BCUT2D eigenvalue weighted by Crippen LogP contribution is 2.56. The van der Waals surface area contributed by atoms with Crippen LogP contribution in [0.25, 0.3) is 0 Å². The van der Waals surface area contributed by atoms with Gasteiger partial charge in [0.05, 0.1) is 16.9 Å². The number of pyridine rings is 1. The molecule has 1 atom stereocenters. The molecule has 0 spiro atoms. The summed E-state index contributed by atoms with van der Waals surface area (Å²) in [6.07, 6.45) is -4.43. The first-order chi connectivity index (χ1) is 18.9. The first-order valence-corrected chi connectivity index (χ1v) is 11.7. The molecule has 2 aromatic carbocycles. The average molecular weight is 681 g/mol. The van der Waals surface area contributed by atoms with Gasteiger partial charge in [-0.05, 0) is 57.9 Å². The minimum absolute atomic E-state index is 0.0763. The lowest BCUT2D eigenvalue weighted by Crippen LogP contribution is -2.49. The summed E-state index contributed by atoms with van der Waals surface area (Å²) in [7, 11) is 0. The topological polar surface area (TPSA) is 94.4 Å². The van der Waals surface area contributed by atoms with Gasteiger partial charge in [-0.3, -0.25) is 9.59 Å². The molecule has 3 rings (SSSR count). The smallest absolute Gasteiger partial charge is 0.434 e. The van der Waals surface area contributed by atoms with E-state index < -0.39 is 74.2 Å². The van der Waals surface area contributed by atoms with Gasteiger partial charge >= 0.3 is 23.8 Å². The summed E-state index contributed by atoms with van der Waals surface area (Å²) in [5, 5.41) is 9.68. The Labute approximate surface area is 236 Å². The molecular weight excluding hydrogens is 669 g/mol. The average Bonchev–Trinajstić information content (AvgIpc) is 2.84. The van der Waals surface area contributed by atoms with Gasteiger partial charge in [0.15, 0.2) is 24.0 Å². The fourth-order valence-corrected chi connectivity index (χ4v) is 4.10. The van der Waals surface area contributed by atoms with E-state index in [2.05, 4.69) is 37.6 Å². The van der Waals surface area contributed by atoms with E-state index in [-0.39, 0.29) is 22.4 Å². The molecule has 18 heteroatoms. The van der Waals surface area contributed by atoms with Gasteiger partial charge in [0.25, 0.3) is 11.8 Å². The second-order valence-corrected chi connectivity index (χ2v) is 9.22. The number of nitrogens with zero attached hydrogens (tertiary/aromatic N) is 1. The highest BCUT2D eigenvalue weighted by atomic mass is 79.9. The molecule has 2 N–H and O–H groups in total. The Morgan fingerprint density at radius 2 is 1.66 bits per heavy atom. The number of hydrogen-bond acceptors (Lipinski definition) is 4. The number of alkyl halides is 9. The van der Waals surface area contributed by atoms with Crippen molar-refractivity contribution in [2.24, 2.45) is 0 Å². The molecule has 0 fully saturated rings. The van der Waals surface area contributed by atoms with Crippen LogP contribution in [-0.2, 0) is 5.67 Å². The lowest BCUT2D eigenvalue weighted by atomic mass is 9.94. The number of hydrogen-bond donors (Lipinski definition) is 2. The predicted molar refractivity (Wildman–Crippen MR) is 128 cm³/mol. The highest BCUT2D eigenvalue weighted by Gasteiger charge is 2.72. The summed E-state index contributed by atoms with van der Waals surface area (Å²) in [5.74, 6) is -5.22. The van der Waals surface area contributed by atoms with Crippen LogP contribution in [0.4, 0.5) is 50.9 Å². The second-order valence-electron chi connectivity index (χ2n) is 7.89. The van der Waals surface area contributed by atoms with Gasteiger partial charge in [-0.1, -0.05) is 6.07 Å². The van der Waals surface area contributed by atoms with Crippen molar-refractivity contribution >= 4 is 50.7 Å². The fourth-order valence-electron chi connectivity index (χ4n) is 3.35. The molecule has 7 nitrogen and oxygen atoms in total. The van der Waals surface area contributed by atoms with Crippen LogP contribution in [0.3, 0.4) is 0 Å². The highest BCUT2D eigenvalue weighted by molar-refractivity contribution is 9.10. The Balaban J connectivity index is 2.01. The van der Waals surface area contributed by atoms with Crippen molar-refractivity contribution in [1.82, 2.24) is 0 Å². The summed E-state index contributed by atoms with van der Waals surface area (Å²) in [4.78, 5) is 25.1. The molecule has 0 radical (unpaired) electrons. The SMILES string of the molecule is O=C(Nc1cccc(C(=O)Nc2c(Br)cc(C(F)(C(F)(F)F)C(F)(F)Cl)cc2OC(F)F)c1F)c1ccc[n+]([O-])c1. The first-order valence-electron chi connectivity index (χ1n) is 10.6. The minimum Gasteiger partial charge on any atom is -0.619 e. The van der Waals surface area contributed by atoms with E-state index in [0.29, 0.717) is 0 Å². The zero-order valence-corrected chi connectivity index (χ0v) is 21.9. The Morgan fingerprint density at radius 1 is 1.00 bits per heavy atom. The molecule has 1 aromatic heterocycles. The monoisotopic (exact) mass is 679 g/mol. The summed E-state index contributed by atoms with van der Waals surface area (Å²) >= 11 is 6.97. The molecule has 0 aliphatic rings. The predicted octanol–water partition coefficient (Wildman–Crippen LogP) is 6.89. The van der Waals surface area contributed by atoms with Gasteiger partial charge < -0.3 is 20.6 Å². The van der Waals surface area contributed by atoms with Crippen LogP contribution in [0.2, 0.25) is 0 Å². The zero-order valence-electron chi connectivity index (χ0n) is 19.5. The van der Waals surface area contributed by atoms with Gasteiger partial charge in [-0.2, -0.15) is 35.5 Å². The molecule has 0 saturated carbocycles. The Morgan fingerprint density at radius 3 is 2.22 bits per heavy atom. The van der Waals surface area contributed by atoms with Crippen LogP contribution in [0.15, 0.2) is 59.3 Å². The fraction of sp³-hybridized carbons (Fsp3) is 0.174. The molecule has 41 heavy (non-hydrogen) atoms. The molecule has 3 aromatic rings. The van der Waals surface area contributed by atoms with E-state index in [1.165, 1.54) is 12.1 Å². The summed E-state index contributed by atoms with van der Waals surface area (Å²) in [5.41, 5.74) is -10.1. The normalized spacial score (nSPS) is 13.5. The van der Waals surface area contributed by atoms with E-state index >= 15 is 4.39 Å². The maximum absolute atomic E-state index is 15.1. The number of nitrogens with one attached hydrogen (secondary N) is 2. The molecule has 2 amide bonds. The molecule has 220 valence electrons. The van der Waals surface area contributed by atoms with E-state index in [4.69, 9.17) is 0 Å². The van der Waals surface area contributed by atoms with Crippen LogP contribution in [-0.4, -0.2) is 30.0 Å². The van der Waals surface area contributed by atoms with Gasteiger partial charge in [-0.15, -0.1) is 0 Å². The first kappa shape index (κ1) is 31.8. The Hall–Kier alpha value is -3.73. The molecule has 0 saturated heterocycles. The van der Waals surface area contributed by atoms with Crippen molar-refractivity contribution in [3.63, 3.8) is 0 Å². The van der Waals surface area contributed by atoms with Gasteiger partial charge in [0.2, 0.25) is 0 Å². The molecule has 0 aliphatic heterocycles. The van der Waals surface area contributed by atoms with Crippen LogP contribution in [0.5, 0.6) is 5.75 Å². The standard InChI is InChI=1S/C23H12BrClF9N3O4/c24-13-7-11(21(29,22(25,30)31)23(32,33)34)8-15(41-20(27)28)17(13)36-19(39)12-4-1-5-14(16(12)26)35-18(38)10-3-2-6-37(40)9-10/h1-9,20H,(H,35,38)(H,36,39). The van der Waals surface area contributed by atoms with Crippen molar-refractivity contribution in [2.75, 3.05) is 10.6 Å². The number of ether oxygens (including phenoxy) is 1. The van der Waals surface area contributed by atoms with Gasteiger partial charge in [-0.25, -0.2) is 8.78 Å².